The first-order valence-electron chi connectivity index (χ1n) is 6.19. The van der Waals surface area contributed by atoms with Crippen LogP contribution in [0.15, 0.2) is 18.3 Å². The quantitative estimate of drug-likeness (QED) is 0.783. The SMILES string of the molecule is CN1CCN(CC(=O)c2ccc(C(=O)O)nc2)CC1. The Kier molecular flexibility index (Phi) is 4.24. The molecule has 1 aromatic rings. The lowest BCUT2D eigenvalue weighted by molar-refractivity contribution is 0.0689. The topological polar surface area (TPSA) is 73.7 Å². The van der Waals surface area contributed by atoms with Crippen LogP contribution in [0.4, 0.5) is 0 Å². The number of carbonyl (C=O) groups excluding carboxylic acids is 1. The van der Waals surface area contributed by atoms with Gasteiger partial charge >= 0.3 is 5.97 Å². The van der Waals surface area contributed by atoms with Gasteiger partial charge in [-0.25, -0.2) is 9.78 Å². The van der Waals surface area contributed by atoms with E-state index in [4.69, 9.17) is 5.11 Å². The minimum atomic E-state index is -1.09. The van der Waals surface area contributed by atoms with Crippen molar-refractivity contribution in [1.82, 2.24) is 14.8 Å². The molecule has 0 saturated carbocycles. The smallest absolute Gasteiger partial charge is 0.354 e. The van der Waals surface area contributed by atoms with E-state index >= 15 is 0 Å². The number of hydrogen-bond donors (Lipinski definition) is 1. The highest BCUT2D eigenvalue weighted by molar-refractivity contribution is 5.98. The van der Waals surface area contributed by atoms with Crippen molar-refractivity contribution in [3.05, 3.63) is 29.6 Å². The molecule has 1 N–H and O–H groups in total. The number of nitrogens with zero attached hydrogens (tertiary/aromatic N) is 3. The highest BCUT2D eigenvalue weighted by Crippen LogP contribution is 2.05. The first kappa shape index (κ1) is 13.6. The fourth-order valence-electron chi connectivity index (χ4n) is 1.99. The van der Waals surface area contributed by atoms with Gasteiger partial charge in [0.1, 0.15) is 5.69 Å². The molecule has 2 rings (SSSR count). The minimum Gasteiger partial charge on any atom is -0.477 e. The summed E-state index contributed by atoms with van der Waals surface area (Å²) in [6, 6.07) is 2.88. The zero-order valence-corrected chi connectivity index (χ0v) is 10.9. The van der Waals surface area contributed by atoms with Crippen LogP contribution in [0.5, 0.6) is 0 Å². The summed E-state index contributed by atoms with van der Waals surface area (Å²) in [7, 11) is 2.06. The van der Waals surface area contributed by atoms with E-state index in [0.29, 0.717) is 12.1 Å². The molecule has 0 bridgehead atoms. The van der Waals surface area contributed by atoms with Crippen LogP contribution >= 0.6 is 0 Å². The van der Waals surface area contributed by atoms with Crippen LogP contribution in [-0.2, 0) is 0 Å². The maximum absolute atomic E-state index is 12.0. The average Bonchev–Trinajstić information content (AvgIpc) is 2.41. The summed E-state index contributed by atoms with van der Waals surface area (Å²) in [6.45, 7) is 4.04. The Labute approximate surface area is 111 Å². The third kappa shape index (κ3) is 3.59. The fourth-order valence-corrected chi connectivity index (χ4v) is 1.99. The molecule has 6 nitrogen and oxygen atoms in total. The summed E-state index contributed by atoms with van der Waals surface area (Å²) in [4.78, 5) is 30.8. The molecular weight excluding hydrogens is 246 g/mol. The second kappa shape index (κ2) is 5.90. The van der Waals surface area contributed by atoms with Gasteiger partial charge in [0.05, 0.1) is 6.54 Å². The van der Waals surface area contributed by atoms with Crippen molar-refractivity contribution in [1.29, 1.82) is 0 Å². The summed E-state index contributed by atoms with van der Waals surface area (Å²) in [5, 5.41) is 8.74. The van der Waals surface area contributed by atoms with Gasteiger partial charge in [-0.2, -0.15) is 0 Å². The largest absolute Gasteiger partial charge is 0.477 e. The number of ketones is 1. The third-order valence-electron chi connectivity index (χ3n) is 3.27. The highest BCUT2D eigenvalue weighted by atomic mass is 16.4. The fraction of sp³-hybridized carbons (Fsp3) is 0.462. The number of rotatable bonds is 4. The molecular formula is C13H17N3O3. The maximum Gasteiger partial charge on any atom is 0.354 e. The van der Waals surface area contributed by atoms with Crippen molar-refractivity contribution >= 4 is 11.8 Å². The molecule has 1 aromatic heterocycles. The third-order valence-corrected chi connectivity index (χ3v) is 3.27. The first-order chi connectivity index (χ1) is 9.06. The zero-order chi connectivity index (χ0) is 13.8. The van der Waals surface area contributed by atoms with E-state index in [1.807, 2.05) is 0 Å². The van der Waals surface area contributed by atoms with Crippen molar-refractivity contribution in [3.63, 3.8) is 0 Å². The second-order valence-electron chi connectivity index (χ2n) is 4.74. The Balaban J connectivity index is 1.94. The standard InChI is InChI=1S/C13H17N3O3/c1-15-4-6-16(7-5-15)9-12(17)10-2-3-11(13(18)19)14-8-10/h2-3,8H,4-7,9H2,1H3,(H,18,19). The molecule has 1 fully saturated rings. The van der Waals surface area contributed by atoms with Gasteiger partial charge in [-0.05, 0) is 19.2 Å². The van der Waals surface area contributed by atoms with Gasteiger partial charge in [0.25, 0.3) is 0 Å². The van der Waals surface area contributed by atoms with Crippen molar-refractivity contribution in [2.45, 2.75) is 0 Å². The molecule has 1 aliphatic rings. The molecule has 0 atom stereocenters. The molecule has 0 radical (unpaired) electrons. The van der Waals surface area contributed by atoms with Gasteiger partial charge in [0.15, 0.2) is 5.78 Å². The Hall–Kier alpha value is -1.79. The number of likely N-dealkylation sites (N-methyl/N-ethyl adjacent to an activating group) is 1. The van der Waals surface area contributed by atoms with E-state index in [2.05, 4.69) is 21.8 Å². The summed E-state index contributed by atoms with van der Waals surface area (Å²) in [6.07, 6.45) is 1.34. The molecule has 102 valence electrons. The monoisotopic (exact) mass is 263 g/mol. The molecule has 0 spiro atoms. The van der Waals surface area contributed by atoms with Crippen LogP contribution in [0, 0.1) is 0 Å². The van der Waals surface area contributed by atoms with E-state index in [-0.39, 0.29) is 11.5 Å². The molecule has 6 heteroatoms. The molecule has 19 heavy (non-hydrogen) atoms. The lowest BCUT2D eigenvalue weighted by Gasteiger charge is -2.31. The lowest BCUT2D eigenvalue weighted by atomic mass is 10.1. The Morgan fingerprint density at radius 3 is 2.47 bits per heavy atom. The van der Waals surface area contributed by atoms with Gasteiger partial charge in [0.2, 0.25) is 0 Å². The molecule has 1 saturated heterocycles. The van der Waals surface area contributed by atoms with E-state index in [9.17, 15) is 9.59 Å². The van der Waals surface area contributed by atoms with E-state index in [1.54, 1.807) is 0 Å². The Morgan fingerprint density at radius 1 is 1.26 bits per heavy atom. The van der Waals surface area contributed by atoms with Crippen LogP contribution in [0.1, 0.15) is 20.8 Å². The van der Waals surface area contributed by atoms with Crippen LogP contribution < -0.4 is 0 Å². The molecule has 0 aromatic carbocycles. The number of aromatic carboxylic acids is 1. The summed E-state index contributed by atoms with van der Waals surface area (Å²) in [5.74, 6) is -1.10. The summed E-state index contributed by atoms with van der Waals surface area (Å²) >= 11 is 0. The number of aromatic nitrogens is 1. The number of pyridine rings is 1. The number of carboxylic acids is 1. The van der Waals surface area contributed by atoms with Crippen LogP contribution in [0.3, 0.4) is 0 Å². The summed E-state index contributed by atoms with van der Waals surface area (Å²) < 4.78 is 0. The maximum atomic E-state index is 12.0. The number of carboxylic acid groups (broad SMARTS) is 1. The van der Waals surface area contributed by atoms with Crippen molar-refractivity contribution in [2.24, 2.45) is 0 Å². The van der Waals surface area contributed by atoms with Crippen LogP contribution in [0.25, 0.3) is 0 Å². The summed E-state index contributed by atoms with van der Waals surface area (Å²) in [5.41, 5.74) is 0.417. The Morgan fingerprint density at radius 2 is 1.95 bits per heavy atom. The average molecular weight is 263 g/mol. The zero-order valence-electron chi connectivity index (χ0n) is 10.9. The van der Waals surface area contributed by atoms with Crippen LogP contribution in [0.2, 0.25) is 0 Å². The normalized spacial score (nSPS) is 17.3. The van der Waals surface area contributed by atoms with Crippen molar-refractivity contribution in [2.75, 3.05) is 39.8 Å². The number of carbonyl (C=O) groups is 2. The van der Waals surface area contributed by atoms with Crippen molar-refractivity contribution in [3.8, 4) is 0 Å². The van der Waals surface area contributed by atoms with Gasteiger partial charge in [-0.1, -0.05) is 0 Å². The van der Waals surface area contributed by atoms with E-state index in [0.717, 1.165) is 26.2 Å². The molecule has 1 aliphatic heterocycles. The van der Waals surface area contributed by atoms with Gasteiger partial charge < -0.3 is 10.0 Å². The predicted molar refractivity (Wildman–Crippen MR) is 69.5 cm³/mol. The predicted octanol–water partition coefficient (Wildman–Crippen LogP) is 0.210. The number of hydrogen-bond acceptors (Lipinski definition) is 5. The lowest BCUT2D eigenvalue weighted by Crippen LogP contribution is -2.46. The first-order valence-corrected chi connectivity index (χ1v) is 6.19. The second-order valence-corrected chi connectivity index (χ2v) is 4.74. The van der Waals surface area contributed by atoms with Gasteiger partial charge in [-0.3, -0.25) is 9.69 Å². The van der Waals surface area contributed by atoms with Crippen LogP contribution in [-0.4, -0.2) is 71.4 Å². The highest BCUT2D eigenvalue weighted by Gasteiger charge is 2.17. The number of piperazine rings is 1. The molecule has 0 unspecified atom stereocenters. The van der Waals surface area contributed by atoms with E-state index in [1.165, 1.54) is 18.3 Å². The van der Waals surface area contributed by atoms with Gasteiger partial charge in [0, 0.05) is 37.9 Å². The van der Waals surface area contributed by atoms with Gasteiger partial charge in [-0.15, -0.1) is 0 Å². The Bertz CT molecular complexity index is 465. The molecule has 2 heterocycles. The number of Topliss-reactive ketones (excluding diaryl/α,β-unsaturated/α-hetero) is 1. The van der Waals surface area contributed by atoms with Crippen molar-refractivity contribution < 1.29 is 14.7 Å². The molecule has 0 aliphatic carbocycles. The minimum absolute atomic E-state index is 0.0195. The molecule has 0 amide bonds. The van der Waals surface area contributed by atoms with E-state index < -0.39 is 5.97 Å².